The lowest BCUT2D eigenvalue weighted by atomic mass is 9.77. The molecular formula is C33H56O6. The van der Waals surface area contributed by atoms with Crippen LogP contribution in [0.15, 0.2) is 35.5 Å². The molecule has 0 fully saturated rings. The van der Waals surface area contributed by atoms with Crippen LogP contribution in [-0.2, 0) is 14.4 Å². The van der Waals surface area contributed by atoms with Crippen molar-refractivity contribution in [1.82, 2.24) is 0 Å². The lowest BCUT2D eigenvalue weighted by Gasteiger charge is -2.25. The minimum Gasteiger partial charge on any atom is -0.478 e. The number of carbonyl (C=O) groups is 3. The Morgan fingerprint density at radius 3 is 1.33 bits per heavy atom. The summed E-state index contributed by atoms with van der Waals surface area (Å²) in [5, 5.41) is 28.9. The van der Waals surface area contributed by atoms with Crippen LogP contribution in [-0.4, -0.2) is 33.2 Å². The monoisotopic (exact) mass is 548 g/mol. The number of carboxylic acid groups (broad SMARTS) is 3. The van der Waals surface area contributed by atoms with E-state index in [1.54, 1.807) is 13.8 Å². The molecule has 224 valence electrons. The summed E-state index contributed by atoms with van der Waals surface area (Å²) in [5.74, 6) is -3.94. The first-order valence-electron chi connectivity index (χ1n) is 15.3. The Labute approximate surface area is 237 Å². The van der Waals surface area contributed by atoms with Gasteiger partial charge >= 0.3 is 17.9 Å². The van der Waals surface area contributed by atoms with Crippen molar-refractivity contribution in [1.29, 1.82) is 0 Å². The van der Waals surface area contributed by atoms with E-state index in [2.05, 4.69) is 13.5 Å². The lowest BCUT2D eigenvalue weighted by molar-refractivity contribution is -0.134. The Hall–Kier alpha value is -2.37. The minimum absolute atomic E-state index is 0.0266. The van der Waals surface area contributed by atoms with Gasteiger partial charge in [0.05, 0.1) is 0 Å². The first-order chi connectivity index (χ1) is 18.5. The van der Waals surface area contributed by atoms with Crippen LogP contribution in [0.4, 0.5) is 0 Å². The fourth-order valence-corrected chi connectivity index (χ4v) is 4.89. The number of aliphatic carboxylic acids is 3. The number of rotatable bonds is 25. The van der Waals surface area contributed by atoms with E-state index in [0.29, 0.717) is 12.8 Å². The van der Waals surface area contributed by atoms with E-state index in [-0.39, 0.29) is 22.6 Å². The SMILES string of the molecule is C=C(C(=O)O)C(C)(C=C(CCCCCCCCCCCCCCCCCCC)C(=O)O)C=C(C(=O)O)C(C)C. The first kappa shape index (κ1) is 36.6. The van der Waals surface area contributed by atoms with Crippen molar-refractivity contribution in [3.8, 4) is 0 Å². The molecule has 0 saturated heterocycles. The van der Waals surface area contributed by atoms with Crippen molar-refractivity contribution in [2.45, 2.75) is 143 Å². The third kappa shape index (κ3) is 17.0. The van der Waals surface area contributed by atoms with Crippen LogP contribution >= 0.6 is 0 Å². The maximum atomic E-state index is 11.9. The average molecular weight is 549 g/mol. The Bertz CT molecular complexity index is 807. The van der Waals surface area contributed by atoms with Crippen LogP contribution in [0.3, 0.4) is 0 Å². The molecule has 0 rings (SSSR count). The third-order valence-corrected chi connectivity index (χ3v) is 7.53. The van der Waals surface area contributed by atoms with Crippen LogP contribution in [0.2, 0.25) is 0 Å². The van der Waals surface area contributed by atoms with Crippen LogP contribution in [0.5, 0.6) is 0 Å². The molecule has 6 heteroatoms. The highest BCUT2D eigenvalue weighted by atomic mass is 16.4. The summed E-state index contributed by atoms with van der Waals surface area (Å²) >= 11 is 0. The van der Waals surface area contributed by atoms with Crippen LogP contribution < -0.4 is 0 Å². The van der Waals surface area contributed by atoms with E-state index in [1.165, 1.54) is 103 Å². The molecule has 39 heavy (non-hydrogen) atoms. The van der Waals surface area contributed by atoms with Gasteiger partial charge in [-0.15, -0.1) is 0 Å². The Kier molecular flexibility index (Phi) is 20.1. The number of unbranched alkanes of at least 4 members (excludes halogenated alkanes) is 16. The van der Waals surface area contributed by atoms with Crippen molar-refractivity contribution in [3.63, 3.8) is 0 Å². The van der Waals surface area contributed by atoms with Gasteiger partial charge in [-0.2, -0.15) is 0 Å². The van der Waals surface area contributed by atoms with Gasteiger partial charge in [-0.1, -0.05) is 142 Å². The lowest BCUT2D eigenvalue weighted by Crippen LogP contribution is -2.24. The summed E-state index contributed by atoms with van der Waals surface area (Å²) in [6, 6.07) is 0. The van der Waals surface area contributed by atoms with Gasteiger partial charge in [0.25, 0.3) is 0 Å². The molecular weight excluding hydrogens is 492 g/mol. The Balaban J connectivity index is 4.51. The maximum absolute atomic E-state index is 11.9. The summed E-state index contributed by atoms with van der Waals surface area (Å²) in [7, 11) is 0. The van der Waals surface area contributed by atoms with E-state index < -0.39 is 23.3 Å². The van der Waals surface area contributed by atoms with E-state index in [0.717, 1.165) is 19.3 Å². The second-order valence-corrected chi connectivity index (χ2v) is 11.5. The molecule has 0 aliphatic carbocycles. The van der Waals surface area contributed by atoms with E-state index in [1.807, 2.05) is 0 Å². The van der Waals surface area contributed by atoms with Gasteiger partial charge in [-0.05, 0) is 25.7 Å². The molecule has 1 unspecified atom stereocenters. The van der Waals surface area contributed by atoms with Crippen molar-refractivity contribution in [2.24, 2.45) is 11.3 Å². The molecule has 0 aromatic rings. The zero-order valence-corrected chi connectivity index (χ0v) is 25.2. The van der Waals surface area contributed by atoms with Gasteiger partial charge in [-0.25, -0.2) is 14.4 Å². The van der Waals surface area contributed by atoms with Gasteiger partial charge in [0.15, 0.2) is 0 Å². The predicted octanol–water partition coefficient (Wildman–Crippen LogP) is 9.35. The number of hydrogen-bond donors (Lipinski definition) is 3. The maximum Gasteiger partial charge on any atom is 0.332 e. The van der Waals surface area contributed by atoms with E-state index in [9.17, 15) is 29.7 Å². The standard InChI is InChI=1S/C33H56O6/c1-6-7-8-9-10-11-12-13-14-15-16-17-18-19-20-21-22-23-28(31(36)37)24-33(5,27(4)30(34)35)25-29(26(2)3)32(38)39/h24-26H,4,6-23H2,1-3,5H3,(H,34,35)(H,36,37)(H,38,39). The molecule has 0 amide bonds. The quantitative estimate of drug-likeness (QED) is 0.0774. The van der Waals surface area contributed by atoms with Crippen LogP contribution in [0.1, 0.15) is 143 Å². The molecule has 1 atom stereocenters. The van der Waals surface area contributed by atoms with E-state index >= 15 is 0 Å². The largest absolute Gasteiger partial charge is 0.478 e. The molecule has 0 heterocycles. The average Bonchev–Trinajstić information content (AvgIpc) is 2.87. The van der Waals surface area contributed by atoms with Crippen LogP contribution in [0.25, 0.3) is 0 Å². The van der Waals surface area contributed by atoms with Gasteiger partial charge in [0.1, 0.15) is 0 Å². The fourth-order valence-electron chi connectivity index (χ4n) is 4.89. The second kappa shape index (κ2) is 21.5. The Morgan fingerprint density at radius 2 is 1.03 bits per heavy atom. The third-order valence-electron chi connectivity index (χ3n) is 7.53. The highest BCUT2D eigenvalue weighted by Gasteiger charge is 2.31. The second-order valence-electron chi connectivity index (χ2n) is 11.5. The molecule has 0 aromatic carbocycles. The highest BCUT2D eigenvalue weighted by Crippen LogP contribution is 2.35. The van der Waals surface area contributed by atoms with Gasteiger partial charge in [0.2, 0.25) is 0 Å². The molecule has 0 aromatic heterocycles. The van der Waals surface area contributed by atoms with E-state index in [4.69, 9.17) is 0 Å². The summed E-state index contributed by atoms with van der Waals surface area (Å²) in [4.78, 5) is 35.3. The molecule has 0 saturated carbocycles. The highest BCUT2D eigenvalue weighted by molar-refractivity contribution is 5.92. The topological polar surface area (TPSA) is 112 Å². The predicted molar refractivity (Wildman–Crippen MR) is 160 cm³/mol. The van der Waals surface area contributed by atoms with Crippen molar-refractivity contribution in [3.05, 3.63) is 35.5 Å². The molecule has 6 nitrogen and oxygen atoms in total. The zero-order valence-electron chi connectivity index (χ0n) is 25.2. The smallest absolute Gasteiger partial charge is 0.332 e. The summed E-state index contributed by atoms with van der Waals surface area (Å²) < 4.78 is 0. The summed E-state index contributed by atoms with van der Waals surface area (Å²) in [5.41, 5.74) is -1.57. The van der Waals surface area contributed by atoms with Crippen LogP contribution in [0, 0.1) is 11.3 Å². The minimum atomic E-state index is -1.42. The molecule has 0 bridgehead atoms. The summed E-state index contributed by atoms with van der Waals surface area (Å²) in [6.45, 7) is 10.8. The molecule has 0 aliphatic rings. The number of hydrogen-bond acceptors (Lipinski definition) is 3. The normalized spacial score (nSPS) is 13.9. The molecule has 0 aliphatic heterocycles. The number of carboxylic acids is 3. The Morgan fingerprint density at radius 1 is 0.641 bits per heavy atom. The van der Waals surface area contributed by atoms with Gasteiger partial charge in [-0.3, -0.25) is 0 Å². The van der Waals surface area contributed by atoms with Gasteiger partial charge < -0.3 is 15.3 Å². The van der Waals surface area contributed by atoms with Gasteiger partial charge in [0, 0.05) is 22.1 Å². The van der Waals surface area contributed by atoms with Crippen molar-refractivity contribution < 1.29 is 29.7 Å². The fraction of sp³-hybridized carbons (Fsp3) is 0.727. The first-order valence-corrected chi connectivity index (χ1v) is 15.3. The number of allylic oxidation sites excluding steroid dienone is 2. The summed E-state index contributed by atoms with van der Waals surface area (Å²) in [6.07, 6.45) is 24.1. The van der Waals surface area contributed by atoms with Crippen molar-refractivity contribution in [2.75, 3.05) is 0 Å². The zero-order chi connectivity index (χ0) is 29.7. The van der Waals surface area contributed by atoms with Crippen molar-refractivity contribution >= 4 is 17.9 Å². The molecule has 0 radical (unpaired) electrons. The molecule has 3 N–H and O–H groups in total. The molecule has 0 spiro atoms.